The van der Waals surface area contributed by atoms with Gasteiger partial charge in [0.2, 0.25) is 0 Å². The summed E-state index contributed by atoms with van der Waals surface area (Å²) in [5, 5.41) is 0. The molecule has 0 atom stereocenters. The standard InChI is InChI=1S/C17H17N3O3S/c1-12-4-5-13(8-16(12)23-2)15-10-18-11-20(15)17-7-6-14(9-19-17)24(3,21)22/h4-11H,1-3H3. The van der Waals surface area contributed by atoms with Crippen LogP contribution in [0.4, 0.5) is 0 Å². The second-order valence-corrected chi connectivity index (χ2v) is 7.47. The lowest BCUT2D eigenvalue weighted by Gasteiger charge is -2.10. The summed E-state index contributed by atoms with van der Waals surface area (Å²) >= 11 is 0. The van der Waals surface area contributed by atoms with Crippen LogP contribution in [0.5, 0.6) is 5.75 Å². The minimum Gasteiger partial charge on any atom is -0.496 e. The lowest BCUT2D eigenvalue weighted by molar-refractivity contribution is 0.412. The van der Waals surface area contributed by atoms with E-state index in [4.69, 9.17) is 4.74 Å². The number of methoxy groups -OCH3 is 1. The summed E-state index contributed by atoms with van der Waals surface area (Å²) in [6.45, 7) is 1.98. The lowest BCUT2D eigenvalue weighted by atomic mass is 10.1. The average Bonchev–Trinajstić information content (AvgIpc) is 3.04. The van der Waals surface area contributed by atoms with Crippen LogP contribution in [-0.2, 0) is 9.84 Å². The van der Waals surface area contributed by atoms with Crippen molar-refractivity contribution in [2.45, 2.75) is 11.8 Å². The topological polar surface area (TPSA) is 74.1 Å². The summed E-state index contributed by atoms with van der Waals surface area (Å²) in [6, 6.07) is 9.10. The molecule has 1 aromatic carbocycles. The molecule has 3 rings (SSSR count). The van der Waals surface area contributed by atoms with Gasteiger partial charge in [-0.25, -0.2) is 18.4 Å². The summed E-state index contributed by atoms with van der Waals surface area (Å²) < 4.78 is 30.3. The fraction of sp³-hybridized carbons (Fsp3) is 0.176. The van der Waals surface area contributed by atoms with E-state index in [-0.39, 0.29) is 4.90 Å². The minimum atomic E-state index is -3.27. The predicted molar refractivity (Wildman–Crippen MR) is 91.2 cm³/mol. The van der Waals surface area contributed by atoms with Crippen LogP contribution in [-0.4, -0.2) is 36.3 Å². The Labute approximate surface area is 140 Å². The highest BCUT2D eigenvalue weighted by Gasteiger charge is 2.12. The van der Waals surface area contributed by atoms with E-state index in [2.05, 4.69) is 9.97 Å². The molecule has 0 spiro atoms. The second-order valence-electron chi connectivity index (χ2n) is 5.46. The Balaban J connectivity index is 2.05. The number of sulfone groups is 1. The highest BCUT2D eigenvalue weighted by molar-refractivity contribution is 7.90. The van der Waals surface area contributed by atoms with E-state index in [1.54, 1.807) is 30.3 Å². The van der Waals surface area contributed by atoms with Crippen molar-refractivity contribution in [1.29, 1.82) is 0 Å². The first-order valence-corrected chi connectivity index (χ1v) is 9.13. The summed E-state index contributed by atoms with van der Waals surface area (Å²) in [5.74, 6) is 1.38. The van der Waals surface area contributed by atoms with Crippen molar-refractivity contribution in [3.8, 4) is 22.8 Å². The Morgan fingerprint density at radius 1 is 1.12 bits per heavy atom. The number of aryl methyl sites for hydroxylation is 1. The molecule has 0 fully saturated rings. The van der Waals surface area contributed by atoms with Gasteiger partial charge in [0.15, 0.2) is 9.84 Å². The largest absolute Gasteiger partial charge is 0.496 e. The van der Waals surface area contributed by atoms with Crippen molar-refractivity contribution in [1.82, 2.24) is 14.5 Å². The van der Waals surface area contributed by atoms with Gasteiger partial charge in [-0.2, -0.15) is 0 Å². The number of hydrogen-bond acceptors (Lipinski definition) is 5. The molecule has 0 aliphatic heterocycles. The maximum atomic E-state index is 11.5. The first kappa shape index (κ1) is 16.2. The predicted octanol–water partition coefficient (Wildman–Crippen LogP) is 2.65. The molecular formula is C17H17N3O3S. The van der Waals surface area contributed by atoms with Gasteiger partial charge in [-0.3, -0.25) is 4.57 Å². The average molecular weight is 343 g/mol. The van der Waals surface area contributed by atoms with E-state index >= 15 is 0 Å². The fourth-order valence-corrected chi connectivity index (χ4v) is 2.96. The second kappa shape index (κ2) is 6.09. The monoisotopic (exact) mass is 343 g/mol. The van der Waals surface area contributed by atoms with Gasteiger partial charge in [0.1, 0.15) is 17.9 Å². The van der Waals surface area contributed by atoms with Crippen molar-refractivity contribution in [3.05, 3.63) is 54.6 Å². The zero-order valence-corrected chi connectivity index (χ0v) is 14.4. The van der Waals surface area contributed by atoms with Gasteiger partial charge >= 0.3 is 0 Å². The molecule has 0 radical (unpaired) electrons. The molecule has 0 amide bonds. The minimum absolute atomic E-state index is 0.185. The first-order valence-electron chi connectivity index (χ1n) is 7.24. The first-order chi connectivity index (χ1) is 11.4. The molecule has 0 bridgehead atoms. The smallest absolute Gasteiger partial charge is 0.177 e. The van der Waals surface area contributed by atoms with Crippen LogP contribution in [0, 0.1) is 6.92 Å². The SMILES string of the molecule is COc1cc(-c2cncn2-c2ccc(S(C)(=O)=O)cn2)ccc1C. The molecule has 0 aliphatic carbocycles. The molecule has 6 nitrogen and oxygen atoms in total. The molecule has 0 unspecified atom stereocenters. The number of nitrogens with zero attached hydrogens (tertiary/aromatic N) is 3. The van der Waals surface area contributed by atoms with Crippen LogP contribution >= 0.6 is 0 Å². The molecule has 0 N–H and O–H groups in total. The van der Waals surface area contributed by atoms with E-state index in [1.807, 2.05) is 25.1 Å². The van der Waals surface area contributed by atoms with Crippen LogP contribution in [0.15, 0.2) is 53.9 Å². The number of hydrogen-bond donors (Lipinski definition) is 0. The molecular weight excluding hydrogens is 326 g/mol. The zero-order valence-electron chi connectivity index (χ0n) is 13.6. The Morgan fingerprint density at radius 2 is 1.92 bits per heavy atom. The van der Waals surface area contributed by atoms with Gasteiger partial charge in [-0.1, -0.05) is 12.1 Å². The quantitative estimate of drug-likeness (QED) is 0.728. The lowest BCUT2D eigenvalue weighted by Crippen LogP contribution is -2.02. The Kier molecular flexibility index (Phi) is 4.11. The third-order valence-electron chi connectivity index (χ3n) is 3.74. The third kappa shape index (κ3) is 3.03. The number of rotatable bonds is 4. The number of pyridine rings is 1. The molecule has 124 valence electrons. The Bertz CT molecular complexity index is 977. The Morgan fingerprint density at radius 3 is 2.54 bits per heavy atom. The number of aromatic nitrogens is 3. The summed E-state index contributed by atoms with van der Waals surface area (Å²) in [4.78, 5) is 8.62. The van der Waals surface area contributed by atoms with Gasteiger partial charge in [0.25, 0.3) is 0 Å². The molecule has 7 heteroatoms. The summed E-state index contributed by atoms with van der Waals surface area (Å²) in [6.07, 6.45) is 5.88. The molecule has 0 saturated carbocycles. The van der Waals surface area contributed by atoms with Gasteiger partial charge < -0.3 is 4.74 Å². The molecule has 24 heavy (non-hydrogen) atoms. The third-order valence-corrected chi connectivity index (χ3v) is 4.84. The van der Waals surface area contributed by atoms with E-state index < -0.39 is 9.84 Å². The molecule has 0 aliphatic rings. The van der Waals surface area contributed by atoms with E-state index in [1.165, 1.54) is 12.3 Å². The van der Waals surface area contributed by atoms with Gasteiger partial charge in [-0.05, 0) is 30.7 Å². The number of imidazole rings is 1. The van der Waals surface area contributed by atoms with Crippen molar-refractivity contribution in [2.75, 3.05) is 13.4 Å². The van der Waals surface area contributed by atoms with Crippen molar-refractivity contribution < 1.29 is 13.2 Å². The van der Waals surface area contributed by atoms with Crippen LogP contribution in [0.1, 0.15) is 5.56 Å². The van der Waals surface area contributed by atoms with E-state index in [9.17, 15) is 8.42 Å². The summed E-state index contributed by atoms with van der Waals surface area (Å²) in [5.41, 5.74) is 2.82. The fourth-order valence-electron chi connectivity index (χ4n) is 2.40. The van der Waals surface area contributed by atoms with Gasteiger partial charge in [-0.15, -0.1) is 0 Å². The highest BCUT2D eigenvalue weighted by Crippen LogP contribution is 2.28. The van der Waals surface area contributed by atoms with Gasteiger partial charge in [0.05, 0.1) is 23.9 Å². The maximum absolute atomic E-state index is 11.5. The zero-order chi connectivity index (χ0) is 17.3. The molecule has 2 aromatic heterocycles. The molecule has 3 aromatic rings. The number of benzene rings is 1. The Hall–Kier alpha value is -2.67. The maximum Gasteiger partial charge on any atom is 0.177 e. The normalized spacial score (nSPS) is 11.5. The number of ether oxygens (including phenoxy) is 1. The van der Waals surface area contributed by atoms with E-state index in [0.29, 0.717) is 5.82 Å². The van der Waals surface area contributed by atoms with Crippen molar-refractivity contribution in [2.24, 2.45) is 0 Å². The molecule has 2 heterocycles. The van der Waals surface area contributed by atoms with E-state index in [0.717, 1.165) is 28.8 Å². The summed E-state index contributed by atoms with van der Waals surface area (Å²) in [7, 11) is -1.63. The van der Waals surface area contributed by atoms with Crippen molar-refractivity contribution in [3.63, 3.8) is 0 Å². The van der Waals surface area contributed by atoms with Crippen LogP contribution < -0.4 is 4.74 Å². The van der Waals surface area contributed by atoms with Crippen LogP contribution in [0.3, 0.4) is 0 Å². The highest BCUT2D eigenvalue weighted by atomic mass is 32.2. The van der Waals surface area contributed by atoms with Gasteiger partial charge in [0, 0.05) is 18.0 Å². The molecule has 0 saturated heterocycles. The van der Waals surface area contributed by atoms with Crippen LogP contribution in [0.2, 0.25) is 0 Å². The van der Waals surface area contributed by atoms with Crippen LogP contribution in [0.25, 0.3) is 17.1 Å². The van der Waals surface area contributed by atoms with Crippen molar-refractivity contribution >= 4 is 9.84 Å².